The number of amides is 1. The molecular formula is C30H42ClN5O4S. The van der Waals surface area contributed by atoms with Crippen molar-refractivity contribution in [3.63, 3.8) is 0 Å². The lowest BCUT2D eigenvalue weighted by Crippen LogP contribution is -2.45. The molecule has 0 radical (unpaired) electrons. The Morgan fingerprint density at radius 3 is 2.41 bits per heavy atom. The number of nitrogens with one attached hydrogen (secondary N) is 1. The average molecular weight is 604 g/mol. The number of hydrogen-bond donors (Lipinski definition) is 1. The van der Waals surface area contributed by atoms with Gasteiger partial charge < -0.3 is 24.6 Å². The Hall–Kier alpha value is -2.72. The van der Waals surface area contributed by atoms with E-state index >= 15 is 0 Å². The van der Waals surface area contributed by atoms with Gasteiger partial charge in [-0.05, 0) is 70.9 Å². The average Bonchev–Trinajstić information content (AvgIpc) is 2.93. The maximum absolute atomic E-state index is 12.1. The van der Waals surface area contributed by atoms with Crippen LogP contribution in [0.1, 0.15) is 60.3 Å². The third kappa shape index (κ3) is 8.64. The number of halogens is 1. The molecule has 0 atom stereocenters. The summed E-state index contributed by atoms with van der Waals surface area (Å²) < 4.78 is 10.6. The summed E-state index contributed by atoms with van der Waals surface area (Å²) in [6, 6.07) is 6.03. The predicted octanol–water partition coefficient (Wildman–Crippen LogP) is 6.19. The Labute approximate surface area is 252 Å². The number of rotatable bonds is 8. The number of carbonyl (C=O) groups is 2. The standard InChI is InChI=1S/C30H42ClN5O4S/c1-6-39-27(37)21-10-14-35(15-11-21)22-8-7-9-23(26(22)31)41-25-19-32-24(18-33-25)36-16-12-30(5,13-17-36)20-34-28(38)40-29(2,3)4/h7-9,18-19,21H,6,10-17,20H2,1-5H3,(H,34,38). The lowest BCUT2D eigenvalue weighted by atomic mass is 9.80. The van der Waals surface area contributed by atoms with E-state index in [0.717, 1.165) is 73.3 Å². The Kier molecular flexibility index (Phi) is 10.3. The number of anilines is 2. The minimum absolute atomic E-state index is 0.00642. The molecule has 0 aliphatic carbocycles. The van der Waals surface area contributed by atoms with Crippen molar-refractivity contribution >= 4 is 46.9 Å². The van der Waals surface area contributed by atoms with Crippen LogP contribution in [0.15, 0.2) is 40.5 Å². The summed E-state index contributed by atoms with van der Waals surface area (Å²) in [5.74, 6) is 0.707. The van der Waals surface area contributed by atoms with Crippen molar-refractivity contribution in [2.45, 2.75) is 75.8 Å². The van der Waals surface area contributed by atoms with Gasteiger partial charge in [0.25, 0.3) is 0 Å². The molecule has 41 heavy (non-hydrogen) atoms. The number of piperidine rings is 2. The van der Waals surface area contributed by atoms with Crippen molar-refractivity contribution in [3.05, 3.63) is 35.6 Å². The van der Waals surface area contributed by atoms with Crippen molar-refractivity contribution in [1.29, 1.82) is 0 Å². The van der Waals surface area contributed by atoms with Crippen LogP contribution in [0, 0.1) is 11.3 Å². The van der Waals surface area contributed by atoms with E-state index in [9.17, 15) is 9.59 Å². The zero-order chi connectivity index (χ0) is 29.6. The summed E-state index contributed by atoms with van der Waals surface area (Å²) >= 11 is 8.35. The van der Waals surface area contributed by atoms with Gasteiger partial charge in [0, 0.05) is 37.6 Å². The Morgan fingerprint density at radius 2 is 1.80 bits per heavy atom. The number of hydrogen-bond acceptors (Lipinski definition) is 9. The van der Waals surface area contributed by atoms with Crippen LogP contribution in [-0.4, -0.2) is 67.0 Å². The van der Waals surface area contributed by atoms with Crippen LogP contribution >= 0.6 is 23.4 Å². The van der Waals surface area contributed by atoms with Gasteiger partial charge >= 0.3 is 12.1 Å². The molecule has 2 fully saturated rings. The lowest BCUT2D eigenvalue weighted by molar-refractivity contribution is -0.148. The molecular weight excluding hydrogens is 562 g/mol. The molecule has 4 rings (SSSR count). The van der Waals surface area contributed by atoms with Crippen molar-refractivity contribution < 1.29 is 19.1 Å². The predicted molar refractivity (Wildman–Crippen MR) is 163 cm³/mol. The molecule has 2 aromatic rings. The maximum atomic E-state index is 12.1. The third-order valence-electron chi connectivity index (χ3n) is 7.58. The normalized spacial score (nSPS) is 17.7. The van der Waals surface area contributed by atoms with E-state index < -0.39 is 5.60 Å². The molecule has 0 saturated carbocycles. The smallest absolute Gasteiger partial charge is 0.407 e. The van der Waals surface area contributed by atoms with Crippen LogP contribution in [0.5, 0.6) is 0 Å². The van der Waals surface area contributed by atoms with Crippen LogP contribution in [-0.2, 0) is 14.3 Å². The summed E-state index contributed by atoms with van der Waals surface area (Å²) in [5, 5.41) is 4.40. The van der Waals surface area contributed by atoms with E-state index in [2.05, 4.69) is 27.0 Å². The summed E-state index contributed by atoms with van der Waals surface area (Å²) in [5.41, 5.74) is 0.475. The summed E-state index contributed by atoms with van der Waals surface area (Å²) in [4.78, 5) is 38.9. The van der Waals surface area contributed by atoms with Crippen LogP contribution in [0.2, 0.25) is 5.02 Å². The van der Waals surface area contributed by atoms with Gasteiger partial charge in [-0.15, -0.1) is 0 Å². The Morgan fingerprint density at radius 1 is 1.10 bits per heavy atom. The molecule has 1 aromatic heterocycles. The van der Waals surface area contributed by atoms with E-state index in [1.807, 2.05) is 52.1 Å². The number of aromatic nitrogens is 2. The molecule has 3 heterocycles. The molecule has 2 aliphatic rings. The molecule has 1 aromatic carbocycles. The zero-order valence-electron chi connectivity index (χ0n) is 24.7. The second kappa shape index (κ2) is 13.5. The van der Waals surface area contributed by atoms with E-state index in [1.54, 1.807) is 6.20 Å². The number of carbonyl (C=O) groups excluding carboxylic acids is 2. The second-order valence-electron chi connectivity index (χ2n) is 12.1. The van der Waals surface area contributed by atoms with Gasteiger partial charge in [0.05, 0.1) is 35.6 Å². The molecule has 0 bridgehead atoms. The van der Waals surface area contributed by atoms with E-state index in [1.165, 1.54) is 11.8 Å². The fourth-order valence-corrected chi connectivity index (χ4v) is 6.27. The number of benzene rings is 1. The van der Waals surface area contributed by atoms with Gasteiger partial charge in [0.2, 0.25) is 0 Å². The number of nitrogens with zero attached hydrogens (tertiary/aromatic N) is 4. The molecule has 1 N–H and O–H groups in total. The van der Waals surface area contributed by atoms with Gasteiger partial charge in [0.1, 0.15) is 16.4 Å². The molecule has 0 spiro atoms. The second-order valence-corrected chi connectivity index (χ2v) is 13.5. The summed E-state index contributed by atoms with van der Waals surface area (Å²) in [6.07, 6.45) is 6.63. The molecule has 2 aliphatic heterocycles. The third-order valence-corrected chi connectivity index (χ3v) is 9.07. The lowest BCUT2D eigenvalue weighted by Gasteiger charge is -2.40. The van der Waals surface area contributed by atoms with Gasteiger partial charge in [0.15, 0.2) is 0 Å². The van der Waals surface area contributed by atoms with Gasteiger partial charge in [-0.1, -0.05) is 36.4 Å². The van der Waals surface area contributed by atoms with Crippen molar-refractivity contribution in [1.82, 2.24) is 15.3 Å². The molecule has 1 amide bonds. The number of esters is 1. The SMILES string of the molecule is CCOC(=O)C1CCN(c2cccc(Sc3cnc(N4CCC(C)(CNC(=O)OC(C)(C)C)CC4)cn3)c2Cl)CC1. The van der Waals surface area contributed by atoms with Crippen LogP contribution < -0.4 is 15.1 Å². The van der Waals surface area contributed by atoms with Crippen molar-refractivity contribution in [3.8, 4) is 0 Å². The highest BCUT2D eigenvalue weighted by Crippen LogP contribution is 2.39. The monoisotopic (exact) mass is 603 g/mol. The fourth-order valence-electron chi connectivity index (χ4n) is 5.13. The summed E-state index contributed by atoms with van der Waals surface area (Å²) in [7, 11) is 0. The van der Waals surface area contributed by atoms with E-state index in [0.29, 0.717) is 18.2 Å². The van der Waals surface area contributed by atoms with Crippen LogP contribution in [0.25, 0.3) is 0 Å². The molecule has 2 saturated heterocycles. The highest BCUT2D eigenvalue weighted by Gasteiger charge is 2.32. The van der Waals surface area contributed by atoms with E-state index in [4.69, 9.17) is 26.1 Å². The van der Waals surface area contributed by atoms with Crippen LogP contribution in [0.3, 0.4) is 0 Å². The van der Waals surface area contributed by atoms with E-state index in [-0.39, 0.29) is 23.4 Å². The van der Waals surface area contributed by atoms with Gasteiger partial charge in [-0.25, -0.2) is 14.8 Å². The minimum Gasteiger partial charge on any atom is -0.466 e. The first kappa shape index (κ1) is 31.2. The van der Waals surface area contributed by atoms with Gasteiger partial charge in [-0.2, -0.15) is 0 Å². The first-order valence-electron chi connectivity index (χ1n) is 14.4. The number of alkyl carbamates (subject to hydrolysis) is 1. The molecule has 11 heteroatoms. The van der Waals surface area contributed by atoms with Crippen LogP contribution in [0.4, 0.5) is 16.3 Å². The Bertz CT molecular complexity index is 1190. The van der Waals surface area contributed by atoms with Crippen molar-refractivity contribution in [2.75, 3.05) is 49.1 Å². The molecule has 9 nitrogen and oxygen atoms in total. The van der Waals surface area contributed by atoms with Crippen molar-refractivity contribution in [2.24, 2.45) is 11.3 Å². The largest absolute Gasteiger partial charge is 0.466 e. The fraction of sp³-hybridized carbons (Fsp3) is 0.600. The molecule has 0 unspecified atom stereocenters. The zero-order valence-corrected chi connectivity index (χ0v) is 26.3. The Balaban J connectivity index is 1.30. The summed E-state index contributed by atoms with van der Waals surface area (Å²) in [6.45, 7) is 13.8. The highest BCUT2D eigenvalue weighted by molar-refractivity contribution is 7.99. The number of ether oxygens (including phenoxy) is 2. The van der Waals surface area contributed by atoms with Gasteiger partial charge in [-0.3, -0.25) is 4.79 Å². The quantitative estimate of drug-likeness (QED) is 0.354. The maximum Gasteiger partial charge on any atom is 0.407 e. The first-order chi connectivity index (χ1) is 19.5. The first-order valence-corrected chi connectivity index (χ1v) is 15.6. The minimum atomic E-state index is -0.504. The molecule has 224 valence electrons. The topological polar surface area (TPSA) is 96.9 Å². The highest BCUT2D eigenvalue weighted by atomic mass is 35.5.